The predicted molar refractivity (Wildman–Crippen MR) is 126 cm³/mol. The summed E-state index contributed by atoms with van der Waals surface area (Å²) >= 11 is 1.48. The minimum Gasteiger partial charge on any atom is -0.506 e. The van der Waals surface area contributed by atoms with Crippen LogP contribution >= 0.6 is 11.3 Å². The first-order chi connectivity index (χ1) is 16.0. The number of para-hydroxylation sites is 1. The monoisotopic (exact) mass is 460 g/mol. The zero-order valence-electron chi connectivity index (χ0n) is 17.3. The maximum absolute atomic E-state index is 13.2. The summed E-state index contributed by atoms with van der Waals surface area (Å²) in [7, 11) is 0. The van der Waals surface area contributed by atoms with Gasteiger partial charge in [-0.3, -0.25) is 9.59 Å². The molecule has 0 aliphatic heterocycles. The van der Waals surface area contributed by atoms with Crippen LogP contribution in [0.1, 0.15) is 15.9 Å². The van der Waals surface area contributed by atoms with Crippen LogP contribution in [-0.4, -0.2) is 49.5 Å². The molecular formula is C24H20N4O4S. The van der Waals surface area contributed by atoms with E-state index < -0.39 is 24.3 Å². The van der Waals surface area contributed by atoms with Gasteiger partial charge in [0.1, 0.15) is 29.2 Å². The number of aliphatic hydroxyl groups excluding tert-OH is 1. The summed E-state index contributed by atoms with van der Waals surface area (Å²) in [4.78, 5) is 37.3. The number of aromatic nitrogens is 3. The van der Waals surface area contributed by atoms with Crippen LogP contribution < -0.4 is 5.32 Å². The van der Waals surface area contributed by atoms with E-state index in [-0.39, 0.29) is 17.7 Å². The van der Waals surface area contributed by atoms with Gasteiger partial charge in [0, 0.05) is 23.5 Å². The van der Waals surface area contributed by atoms with Gasteiger partial charge in [0.15, 0.2) is 5.78 Å². The number of benzene rings is 2. The first-order valence-corrected chi connectivity index (χ1v) is 11.2. The Balaban J connectivity index is 1.47. The van der Waals surface area contributed by atoms with Crippen LogP contribution in [0.3, 0.4) is 0 Å². The number of carbonyl (C=O) groups is 2. The number of hydrogen-bond donors (Lipinski definition) is 5. The predicted octanol–water partition coefficient (Wildman–Crippen LogP) is 3.38. The number of hydrogen-bond acceptors (Lipinski definition) is 6. The second-order valence-corrected chi connectivity index (χ2v) is 8.58. The molecule has 0 radical (unpaired) electrons. The molecule has 1 atom stereocenters. The summed E-state index contributed by atoms with van der Waals surface area (Å²) in [6, 6.07) is 13.4. The molecule has 3 heterocycles. The number of nitrogens with zero attached hydrogens (tertiary/aromatic N) is 1. The van der Waals surface area contributed by atoms with Gasteiger partial charge in [-0.2, -0.15) is 0 Å². The van der Waals surface area contributed by atoms with E-state index in [0.717, 1.165) is 21.3 Å². The van der Waals surface area contributed by atoms with Crippen molar-refractivity contribution in [2.45, 2.75) is 12.5 Å². The number of imidazole rings is 1. The van der Waals surface area contributed by atoms with Crippen molar-refractivity contribution in [3.05, 3.63) is 71.2 Å². The number of aromatic hydroxyl groups is 1. The second kappa shape index (κ2) is 8.53. The number of rotatable bonds is 7. The Bertz CT molecular complexity index is 1470. The number of phenols is 1. The van der Waals surface area contributed by atoms with E-state index in [1.807, 2.05) is 41.8 Å². The molecule has 0 spiro atoms. The third-order valence-electron chi connectivity index (χ3n) is 5.57. The normalized spacial score (nSPS) is 12.3. The molecule has 5 N–H and O–H groups in total. The SMILES string of the molecule is O=C(N[C@@H](Cc1c[nH]c2ccccc12)C(=O)CO)c1ccc(O)c2[nH]c(-c3cccs3)nc12. The number of H-pyrrole nitrogens is 2. The highest BCUT2D eigenvalue weighted by Gasteiger charge is 2.25. The zero-order chi connectivity index (χ0) is 22.9. The highest BCUT2D eigenvalue weighted by atomic mass is 32.1. The van der Waals surface area contributed by atoms with Gasteiger partial charge in [-0.15, -0.1) is 11.3 Å². The molecule has 0 saturated carbocycles. The summed E-state index contributed by atoms with van der Waals surface area (Å²) in [6.07, 6.45) is 2.02. The van der Waals surface area contributed by atoms with Gasteiger partial charge >= 0.3 is 0 Å². The van der Waals surface area contributed by atoms with Crippen molar-refractivity contribution >= 4 is 45.0 Å². The smallest absolute Gasteiger partial charge is 0.254 e. The standard InChI is InChI=1S/C24H20N4O4S/c29-12-19(31)17(10-13-11-25-16-5-2-1-4-14(13)16)26-24(32)15-7-8-18(30)22-21(15)27-23(28-22)20-6-3-9-33-20/h1-9,11,17,25,29-30H,10,12H2,(H,26,32)(H,27,28)/t17-/m0/s1. The number of Topliss-reactive ketones (excluding diaryl/α,β-unsaturated/α-hetero) is 1. The quantitative estimate of drug-likeness (QED) is 0.254. The number of nitrogens with one attached hydrogen (secondary N) is 3. The van der Waals surface area contributed by atoms with Crippen LogP contribution in [-0.2, 0) is 11.2 Å². The number of aromatic amines is 2. The topological polar surface area (TPSA) is 131 Å². The van der Waals surface area contributed by atoms with E-state index in [1.54, 1.807) is 6.20 Å². The van der Waals surface area contributed by atoms with Crippen LogP contribution in [0.25, 0.3) is 32.6 Å². The lowest BCUT2D eigenvalue weighted by atomic mass is 10.0. The molecule has 3 aromatic heterocycles. The lowest BCUT2D eigenvalue weighted by Gasteiger charge is -2.17. The fraction of sp³-hybridized carbons (Fsp3) is 0.125. The Morgan fingerprint density at radius 2 is 1.97 bits per heavy atom. The number of thiophene rings is 1. The highest BCUT2D eigenvalue weighted by Crippen LogP contribution is 2.31. The Morgan fingerprint density at radius 3 is 2.76 bits per heavy atom. The van der Waals surface area contributed by atoms with E-state index in [4.69, 9.17) is 0 Å². The Kier molecular flexibility index (Phi) is 5.41. The van der Waals surface area contributed by atoms with Gasteiger partial charge in [0.25, 0.3) is 5.91 Å². The lowest BCUT2D eigenvalue weighted by Crippen LogP contribution is -2.43. The third kappa shape index (κ3) is 3.88. The second-order valence-electron chi connectivity index (χ2n) is 7.63. The molecule has 0 unspecified atom stereocenters. The summed E-state index contributed by atoms with van der Waals surface area (Å²) in [5.41, 5.74) is 2.64. The van der Waals surface area contributed by atoms with Crippen molar-refractivity contribution in [1.82, 2.24) is 20.3 Å². The summed E-state index contributed by atoms with van der Waals surface area (Å²) in [5, 5.41) is 25.4. The third-order valence-corrected chi connectivity index (χ3v) is 6.45. The van der Waals surface area contributed by atoms with Crippen LogP contribution in [0.2, 0.25) is 0 Å². The molecule has 5 rings (SSSR count). The van der Waals surface area contributed by atoms with Crippen molar-refractivity contribution in [3.8, 4) is 16.5 Å². The fourth-order valence-electron chi connectivity index (χ4n) is 3.90. The molecule has 0 aliphatic carbocycles. The molecule has 8 nitrogen and oxygen atoms in total. The molecular weight excluding hydrogens is 440 g/mol. The van der Waals surface area contributed by atoms with E-state index in [1.165, 1.54) is 23.5 Å². The number of phenolic OH excluding ortho intramolecular Hbond substituents is 1. The molecule has 0 aliphatic rings. The van der Waals surface area contributed by atoms with Gasteiger partial charge in [0.2, 0.25) is 0 Å². The van der Waals surface area contributed by atoms with E-state index in [0.29, 0.717) is 16.9 Å². The van der Waals surface area contributed by atoms with E-state index in [2.05, 4.69) is 20.3 Å². The Labute approximate surface area is 191 Å². The van der Waals surface area contributed by atoms with Crippen LogP contribution in [0, 0.1) is 0 Å². The van der Waals surface area contributed by atoms with Gasteiger partial charge < -0.3 is 25.5 Å². The van der Waals surface area contributed by atoms with Gasteiger partial charge in [-0.05, 0) is 35.2 Å². The first-order valence-electron chi connectivity index (χ1n) is 10.3. The van der Waals surface area contributed by atoms with Crippen LogP contribution in [0.5, 0.6) is 5.75 Å². The molecule has 9 heteroatoms. The molecule has 0 saturated heterocycles. The first kappa shape index (κ1) is 20.9. The number of amides is 1. The van der Waals surface area contributed by atoms with E-state index in [9.17, 15) is 19.8 Å². The number of fused-ring (bicyclic) bond motifs is 2. The summed E-state index contributed by atoms with van der Waals surface area (Å²) in [5.74, 6) is -0.503. The van der Waals surface area contributed by atoms with Crippen LogP contribution in [0.15, 0.2) is 60.1 Å². The van der Waals surface area contributed by atoms with E-state index >= 15 is 0 Å². The average Bonchev–Trinajstić information content (AvgIpc) is 3.58. The van der Waals surface area contributed by atoms with Gasteiger partial charge in [-0.1, -0.05) is 24.3 Å². The van der Waals surface area contributed by atoms with Gasteiger partial charge in [0.05, 0.1) is 16.5 Å². The van der Waals surface area contributed by atoms with Crippen molar-refractivity contribution < 1.29 is 19.8 Å². The van der Waals surface area contributed by atoms with Gasteiger partial charge in [-0.25, -0.2) is 4.98 Å². The Morgan fingerprint density at radius 1 is 1.12 bits per heavy atom. The molecule has 0 fully saturated rings. The summed E-state index contributed by atoms with van der Waals surface area (Å²) < 4.78 is 0. The fourth-order valence-corrected chi connectivity index (χ4v) is 4.57. The minimum absolute atomic E-state index is 0.0290. The molecule has 1 amide bonds. The molecule has 33 heavy (non-hydrogen) atoms. The lowest BCUT2D eigenvalue weighted by molar-refractivity contribution is -0.123. The van der Waals surface area contributed by atoms with Crippen molar-refractivity contribution in [1.29, 1.82) is 0 Å². The molecule has 0 bridgehead atoms. The maximum atomic E-state index is 13.2. The minimum atomic E-state index is -0.929. The molecule has 5 aromatic rings. The number of ketones is 1. The summed E-state index contributed by atoms with van der Waals surface area (Å²) in [6.45, 7) is -0.691. The zero-order valence-corrected chi connectivity index (χ0v) is 18.1. The highest BCUT2D eigenvalue weighted by molar-refractivity contribution is 7.13. The van der Waals surface area contributed by atoms with Crippen molar-refractivity contribution in [2.75, 3.05) is 6.61 Å². The molecule has 2 aromatic carbocycles. The Hall–Kier alpha value is -3.95. The molecule has 166 valence electrons. The number of carbonyl (C=O) groups excluding carboxylic acids is 2. The largest absolute Gasteiger partial charge is 0.506 e. The number of aliphatic hydroxyl groups is 1. The van der Waals surface area contributed by atoms with Crippen molar-refractivity contribution in [3.63, 3.8) is 0 Å². The van der Waals surface area contributed by atoms with Crippen LogP contribution in [0.4, 0.5) is 0 Å². The van der Waals surface area contributed by atoms with Crippen molar-refractivity contribution in [2.24, 2.45) is 0 Å². The maximum Gasteiger partial charge on any atom is 0.254 e. The average molecular weight is 461 g/mol.